The molecule has 28 heavy (non-hydrogen) atoms. The van der Waals surface area contributed by atoms with Crippen molar-refractivity contribution in [3.8, 4) is 5.75 Å². The first-order valence-electron chi connectivity index (χ1n) is 10.1. The maximum absolute atomic E-state index is 13.6. The van der Waals surface area contributed by atoms with Gasteiger partial charge in [-0.05, 0) is 54.7 Å². The Balaban J connectivity index is 1.53. The van der Waals surface area contributed by atoms with E-state index in [1.54, 1.807) is 19.5 Å². The van der Waals surface area contributed by atoms with Crippen molar-refractivity contribution in [1.29, 1.82) is 0 Å². The highest BCUT2D eigenvalue weighted by Gasteiger charge is 2.47. The van der Waals surface area contributed by atoms with E-state index in [1.807, 2.05) is 41.3 Å². The molecule has 1 N–H and O–H groups in total. The molecule has 0 spiro atoms. The van der Waals surface area contributed by atoms with Crippen LogP contribution in [-0.2, 0) is 16.6 Å². The third-order valence-corrected chi connectivity index (χ3v) is 6.45. The van der Waals surface area contributed by atoms with E-state index in [4.69, 9.17) is 4.74 Å². The molecule has 2 aliphatic rings. The average Bonchev–Trinajstić information content (AvgIpc) is 3.37. The number of likely N-dealkylation sites (tertiary alicyclic amines) is 1. The molecule has 148 valence electrons. The summed E-state index contributed by atoms with van der Waals surface area (Å²) >= 11 is 0. The fourth-order valence-corrected chi connectivity index (χ4v) is 4.86. The van der Waals surface area contributed by atoms with Crippen LogP contribution in [0, 0.1) is 5.92 Å². The van der Waals surface area contributed by atoms with Crippen molar-refractivity contribution >= 4 is 5.91 Å². The number of amides is 1. The first-order valence-corrected chi connectivity index (χ1v) is 10.1. The van der Waals surface area contributed by atoms with Crippen molar-refractivity contribution < 1.29 is 14.6 Å². The Hall–Kier alpha value is -2.40. The normalized spacial score (nSPS) is 23.7. The van der Waals surface area contributed by atoms with Crippen LogP contribution in [0.15, 0.2) is 48.8 Å². The lowest BCUT2D eigenvalue weighted by Crippen LogP contribution is -2.45. The van der Waals surface area contributed by atoms with Crippen molar-refractivity contribution in [3.05, 3.63) is 59.9 Å². The van der Waals surface area contributed by atoms with E-state index in [1.165, 1.54) is 0 Å². The Morgan fingerprint density at radius 3 is 2.46 bits per heavy atom. The molecule has 4 rings (SSSR count). The Kier molecular flexibility index (Phi) is 5.36. The van der Waals surface area contributed by atoms with Crippen LogP contribution in [0.4, 0.5) is 0 Å². The lowest BCUT2D eigenvalue weighted by atomic mass is 9.77. The molecular formula is C23H28N2O3. The molecule has 2 heterocycles. The molecule has 1 saturated carbocycles. The molecule has 0 bridgehead atoms. The Morgan fingerprint density at radius 2 is 1.82 bits per heavy atom. The molecule has 1 amide bonds. The van der Waals surface area contributed by atoms with Gasteiger partial charge in [-0.3, -0.25) is 9.78 Å². The number of methoxy groups -OCH3 is 1. The summed E-state index contributed by atoms with van der Waals surface area (Å²) in [6.45, 7) is 1.03. The zero-order valence-corrected chi connectivity index (χ0v) is 16.4. The number of benzene rings is 1. The number of ether oxygens (including phenoxy) is 1. The Morgan fingerprint density at radius 1 is 1.14 bits per heavy atom. The van der Waals surface area contributed by atoms with Gasteiger partial charge >= 0.3 is 0 Å². The smallest absolute Gasteiger partial charge is 0.233 e. The van der Waals surface area contributed by atoms with Crippen molar-refractivity contribution in [2.24, 2.45) is 5.92 Å². The van der Waals surface area contributed by atoms with Gasteiger partial charge < -0.3 is 14.7 Å². The van der Waals surface area contributed by atoms with Gasteiger partial charge in [0, 0.05) is 31.4 Å². The van der Waals surface area contributed by atoms with E-state index in [9.17, 15) is 9.90 Å². The minimum Gasteiger partial charge on any atom is -0.497 e. The summed E-state index contributed by atoms with van der Waals surface area (Å²) in [5.41, 5.74) is 1.76. The van der Waals surface area contributed by atoms with Crippen LogP contribution in [0.2, 0.25) is 0 Å². The fraction of sp³-hybridized carbons (Fsp3) is 0.478. The van der Waals surface area contributed by atoms with Crippen molar-refractivity contribution in [1.82, 2.24) is 9.88 Å². The van der Waals surface area contributed by atoms with Gasteiger partial charge in [-0.1, -0.05) is 25.0 Å². The van der Waals surface area contributed by atoms with Crippen LogP contribution in [0.1, 0.15) is 36.8 Å². The maximum atomic E-state index is 13.6. The highest BCUT2D eigenvalue weighted by atomic mass is 16.5. The number of carbonyl (C=O) groups excluding carboxylic acids is 1. The van der Waals surface area contributed by atoms with E-state index in [0.29, 0.717) is 13.1 Å². The van der Waals surface area contributed by atoms with Gasteiger partial charge in [-0.2, -0.15) is 0 Å². The van der Waals surface area contributed by atoms with Crippen LogP contribution in [0.3, 0.4) is 0 Å². The van der Waals surface area contributed by atoms with Gasteiger partial charge in [0.1, 0.15) is 5.75 Å². The molecule has 1 aliphatic carbocycles. The van der Waals surface area contributed by atoms with E-state index in [0.717, 1.165) is 49.0 Å². The van der Waals surface area contributed by atoms with Crippen molar-refractivity contribution in [2.45, 2.75) is 43.6 Å². The van der Waals surface area contributed by atoms with Crippen LogP contribution < -0.4 is 4.74 Å². The number of carbonyl (C=O) groups is 1. The predicted molar refractivity (Wildman–Crippen MR) is 107 cm³/mol. The van der Waals surface area contributed by atoms with Crippen molar-refractivity contribution in [2.75, 3.05) is 20.2 Å². The number of aliphatic hydroxyl groups is 1. The molecule has 1 aromatic carbocycles. The summed E-state index contributed by atoms with van der Waals surface area (Å²) in [7, 11) is 1.65. The van der Waals surface area contributed by atoms with Crippen LogP contribution in [-0.4, -0.2) is 47.2 Å². The van der Waals surface area contributed by atoms with Gasteiger partial charge in [-0.15, -0.1) is 0 Å². The second-order valence-electron chi connectivity index (χ2n) is 8.11. The number of aliphatic hydroxyl groups excluding tert-OH is 1. The minimum absolute atomic E-state index is 0.0701. The number of hydrogen-bond acceptors (Lipinski definition) is 4. The predicted octanol–water partition coefficient (Wildman–Crippen LogP) is 2.96. The van der Waals surface area contributed by atoms with Crippen LogP contribution >= 0.6 is 0 Å². The van der Waals surface area contributed by atoms with Crippen LogP contribution in [0.5, 0.6) is 5.75 Å². The molecule has 5 nitrogen and oxygen atoms in total. The summed E-state index contributed by atoms with van der Waals surface area (Å²) in [5, 5.41) is 10.6. The third kappa shape index (κ3) is 3.51. The van der Waals surface area contributed by atoms with E-state index in [2.05, 4.69) is 4.98 Å². The van der Waals surface area contributed by atoms with Gasteiger partial charge in [0.15, 0.2) is 0 Å². The summed E-state index contributed by atoms with van der Waals surface area (Å²) in [6, 6.07) is 11.9. The number of hydrogen-bond donors (Lipinski definition) is 1. The molecule has 2 fully saturated rings. The van der Waals surface area contributed by atoms with Gasteiger partial charge in [0.05, 0.1) is 18.6 Å². The summed E-state index contributed by atoms with van der Waals surface area (Å²) in [4.78, 5) is 19.6. The van der Waals surface area contributed by atoms with E-state index < -0.39 is 11.5 Å². The molecule has 1 aromatic heterocycles. The second kappa shape index (κ2) is 7.92. The standard InChI is InChI=1S/C23H28N2O3/c1-28-20-6-4-19(5-7-20)23(10-2-3-11-23)22(27)25-15-18(21(26)16-25)14-17-8-12-24-13-9-17/h4-9,12-13,18,21,26H,2-3,10-11,14-16H2,1H3. The van der Waals surface area contributed by atoms with Gasteiger partial charge in [0.2, 0.25) is 5.91 Å². The molecule has 2 aromatic rings. The van der Waals surface area contributed by atoms with Gasteiger partial charge in [0.25, 0.3) is 0 Å². The lowest BCUT2D eigenvalue weighted by molar-refractivity contribution is -0.136. The minimum atomic E-state index is -0.480. The molecule has 1 saturated heterocycles. The Bertz CT molecular complexity index is 800. The molecule has 2 unspecified atom stereocenters. The molecule has 0 radical (unpaired) electrons. The summed E-state index contributed by atoms with van der Waals surface area (Å²) in [5.74, 6) is 1.05. The number of rotatable bonds is 5. The van der Waals surface area contributed by atoms with Crippen molar-refractivity contribution in [3.63, 3.8) is 0 Å². The molecule has 5 heteroatoms. The first-order chi connectivity index (χ1) is 13.6. The molecular weight excluding hydrogens is 352 g/mol. The SMILES string of the molecule is COc1ccc(C2(C(=O)N3CC(O)C(Cc4ccncc4)C3)CCCC2)cc1. The molecule has 1 aliphatic heterocycles. The summed E-state index contributed by atoms with van der Waals surface area (Å²) in [6.07, 6.45) is 7.71. The fourth-order valence-electron chi connectivity index (χ4n) is 4.86. The number of nitrogens with zero attached hydrogens (tertiary/aromatic N) is 2. The topological polar surface area (TPSA) is 62.7 Å². The first kappa shape index (κ1) is 18.9. The highest BCUT2D eigenvalue weighted by molar-refractivity contribution is 5.89. The van der Waals surface area contributed by atoms with Gasteiger partial charge in [-0.25, -0.2) is 0 Å². The zero-order valence-electron chi connectivity index (χ0n) is 16.4. The monoisotopic (exact) mass is 380 g/mol. The number of pyridine rings is 1. The third-order valence-electron chi connectivity index (χ3n) is 6.45. The second-order valence-corrected chi connectivity index (χ2v) is 8.11. The number of aromatic nitrogens is 1. The molecule has 2 atom stereocenters. The largest absolute Gasteiger partial charge is 0.497 e. The summed E-state index contributed by atoms with van der Waals surface area (Å²) < 4.78 is 5.28. The lowest BCUT2D eigenvalue weighted by Gasteiger charge is -2.33. The Labute approximate surface area is 166 Å². The maximum Gasteiger partial charge on any atom is 0.233 e. The zero-order chi connectivity index (χ0) is 19.6. The quantitative estimate of drug-likeness (QED) is 0.866. The van der Waals surface area contributed by atoms with E-state index >= 15 is 0 Å². The number of β-amino-alcohol motifs (C(OH)–C–C–N with tert-alkyl or cyclic N) is 1. The average molecular weight is 380 g/mol. The van der Waals surface area contributed by atoms with Crippen LogP contribution in [0.25, 0.3) is 0 Å². The van der Waals surface area contributed by atoms with E-state index in [-0.39, 0.29) is 11.8 Å². The highest BCUT2D eigenvalue weighted by Crippen LogP contribution is 2.44.